The molecule has 2 N–H and O–H groups in total. The molecule has 4 nitrogen and oxygen atoms in total. The first kappa shape index (κ1) is 29.5. The molecule has 8 rings (SSSR count). The molecule has 0 unspecified atom stereocenters. The van der Waals surface area contributed by atoms with Crippen LogP contribution in [0.1, 0.15) is 72.6 Å². The Morgan fingerprint density at radius 3 is 1.59 bits per heavy atom. The SMILES string of the molecule is CSC[C@H]1CN[C@@H]2Cc3cn(CCCCCCn4cc5c6c(cccc64)[C@H]4C[C@@H](CSC)CN[C@@H]4C5)c4cccc(c34)[C@H]2C1. The Balaban J connectivity index is 0.891. The Labute approximate surface area is 272 Å². The molecule has 2 aromatic heterocycles. The van der Waals surface area contributed by atoms with E-state index in [0.29, 0.717) is 23.9 Å². The third-order valence-corrected chi connectivity index (χ3v) is 13.2. The second-order valence-corrected chi connectivity index (χ2v) is 16.2. The second-order valence-electron chi connectivity index (χ2n) is 14.4. The molecule has 2 fully saturated rings. The highest BCUT2D eigenvalue weighted by Crippen LogP contribution is 2.44. The van der Waals surface area contributed by atoms with Gasteiger partial charge in [0.2, 0.25) is 0 Å². The van der Waals surface area contributed by atoms with Crippen molar-refractivity contribution in [2.24, 2.45) is 11.8 Å². The highest BCUT2D eigenvalue weighted by atomic mass is 32.2. The molecular weight excluding hydrogens is 577 g/mol. The summed E-state index contributed by atoms with van der Waals surface area (Å²) in [5, 5.41) is 11.1. The van der Waals surface area contributed by atoms with Crippen molar-refractivity contribution in [1.29, 1.82) is 0 Å². The lowest BCUT2D eigenvalue weighted by Crippen LogP contribution is -2.47. The smallest absolute Gasteiger partial charge is 0.0486 e. The second kappa shape index (κ2) is 12.7. The maximum atomic E-state index is 3.94. The van der Waals surface area contributed by atoms with Crippen LogP contribution in [0.25, 0.3) is 21.8 Å². The van der Waals surface area contributed by atoms with E-state index in [1.165, 1.54) is 87.0 Å². The van der Waals surface area contributed by atoms with E-state index >= 15 is 0 Å². The Bertz CT molecular complexity index is 1500. The summed E-state index contributed by atoms with van der Waals surface area (Å²) in [6, 6.07) is 15.5. The van der Waals surface area contributed by atoms with Crippen molar-refractivity contribution >= 4 is 45.3 Å². The minimum absolute atomic E-state index is 0.616. The number of thioether (sulfide) groups is 2. The van der Waals surface area contributed by atoms with Crippen molar-refractivity contribution in [3.63, 3.8) is 0 Å². The minimum atomic E-state index is 0.616. The quantitative estimate of drug-likeness (QED) is 0.166. The first-order valence-electron chi connectivity index (χ1n) is 17.4. The lowest BCUT2D eigenvalue weighted by Gasteiger charge is -2.40. The predicted octanol–water partition coefficient (Wildman–Crippen LogP) is 7.82. The first-order valence-corrected chi connectivity index (χ1v) is 20.2. The molecule has 6 atom stereocenters. The van der Waals surface area contributed by atoms with Crippen LogP contribution in [0.4, 0.5) is 0 Å². The average Bonchev–Trinajstić information content (AvgIpc) is 3.59. The molecule has 4 aliphatic rings. The summed E-state index contributed by atoms with van der Waals surface area (Å²) in [5.74, 6) is 5.51. The Kier molecular flexibility index (Phi) is 8.55. The maximum absolute atomic E-state index is 3.94. The van der Waals surface area contributed by atoms with E-state index < -0.39 is 0 Å². The lowest BCUT2D eigenvalue weighted by atomic mass is 9.73. The number of unbranched alkanes of at least 4 members (excludes halogenated alkanes) is 3. The Morgan fingerprint density at radius 1 is 0.659 bits per heavy atom. The first-order chi connectivity index (χ1) is 21.7. The summed E-state index contributed by atoms with van der Waals surface area (Å²) >= 11 is 4.01. The molecule has 4 aromatic rings. The van der Waals surface area contributed by atoms with Gasteiger partial charge in [0.1, 0.15) is 0 Å². The number of fused-ring (bicyclic) bond motifs is 4. The molecule has 2 aliphatic heterocycles. The topological polar surface area (TPSA) is 33.9 Å². The number of benzene rings is 2. The normalized spacial score (nSPS) is 27.5. The Morgan fingerprint density at radius 2 is 1.14 bits per heavy atom. The molecule has 6 heteroatoms. The molecule has 4 heterocycles. The van der Waals surface area contributed by atoms with Crippen LogP contribution in [0.15, 0.2) is 48.8 Å². The fourth-order valence-electron chi connectivity index (χ4n) is 9.60. The molecule has 2 saturated heterocycles. The van der Waals surface area contributed by atoms with Gasteiger partial charge in [-0.1, -0.05) is 37.1 Å². The van der Waals surface area contributed by atoms with Gasteiger partial charge in [-0.05, 0) is 122 Å². The van der Waals surface area contributed by atoms with Crippen LogP contribution in [0.2, 0.25) is 0 Å². The van der Waals surface area contributed by atoms with Gasteiger partial charge < -0.3 is 19.8 Å². The van der Waals surface area contributed by atoms with Gasteiger partial charge in [0, 0.05) is 71.2 Å². The van der Waals surface area contributed by atoms with E-state index in [0.717, 1.165) is 24.9 Å². The molecule has 0 spiro atoms. The van der Waals surface area contributed by atoms with Crippen LogP contribution < -0.4 is 10.6 Å². The van der Waals surface area contributed by atoms with Crippen LogP contribution in [-0.4, -0.2) is 58.3 Å². The molecule has 44 heavy (non-hydrogen) atoms. The van der Waals surface area contributed by atoms with Crippen molar-refractivity contribution in [3.8, 4) is 0 Å². The fourth-order valence-corrected chi connectivity index (χ4v) is 11.1. The maximum Gasteiger partial charge on any atom is 0.0486 e. The van der Waals surface area contributed by atoms with Crippen molar-refractivity contribution in [3.05, 3.63) is 71.0 Å². The summed E-state index contributed by atoms with van der Waals surface area (Å²) in [5.41, 5.74) is 9.34. The molecule has 0 bridgehead atoms. The number of hydrogen-bond acceptors (Lipinski definition) is 4. The number of nitrogens with one attached hydrogen (secondary N) is 2. The zero-order valence-electron chi connectivity index (χ0n) is 26.7. The van der Waals surface area contributed by atoms with Crippen molar-refractivity contribution in [1.82, 2.24) is 19.8 Å². The predicted molar refractivity (Wildman–Crippen MR) is 192 cm³/mol. The highest BCUT2D eigenvalue weighted by molar-refractivity contribution is 7.98. The van der Waals surface area contributed by atoms with Gasteiger partial charge in [0.15, 0.2) is 0 Å². The van der Waals surface area contributed by atoms with Gasteiger partial charge in [-0.15, -0.1) is 0 Å². The number of aryl methyl sites for hydroxylation is 2. The molecular formula is C38H50N4S2. The number of nitrogens with zero attached hydrogens (tertiary/aromatic N) is 2. The number of aromatic nitrogens is 2. The van der Waals surface area contributed by atoms with Crippen LogP contribution in [-0.2, 0) is 25.9 Å². The van der Waals surface area contributed by atoms with Crippen LogP contribution in [0.5, 0.6) is 0 Å². The van der Waals surface area contributed by atoms with E-state index in [1.54, 1.807) is 33.0 Å². The summed E-state index contributed by atoms with van der Waals surface area (Å²) in [6.07, 6.45) is 19.7. The molecule has 0 radical (unpaired) electrons. The van der Waals surface area contributed by atoms with Crippen molar-refractivity contribution in [2.45, 2.75) is 88.4 Å². The van der Waals surface area contributed by atoms with Crippen molar-refractivity contribution in [2.75, 3.05) is 37.1 Å². The van der Waals surface area contributed by atoms with E-state index in [-0.39, 0.29) is 0 Å². The van der Waals surface area contributed by atoms with E-state index in [9.17, 15) is 0 Å². The molecule has 2 aromatic carbocycles. The zero-order valence-corrected chi connectivity index (χ0v) is 28.3. The third kappa shape index (κ3) is 5.36. The van der Waals surface area contributed by atoms with Crippen molar-refractivity contribution < 1.29 is 0 Å². The molecule has 0 amide bonds. The van der Waals surface area contributed by atoms with Gasteiger partial charge in [0.05, 0.1) is 0 Å². The molecule has 234 valence electrons. The van der Waals surface area contributed by atoms with E-state index in [2.05, 4.69) is 81.1 Å². The minimum Gasteiger partial charge on any atom is -0.347 e. The largest absolute Gasteiger partial charge is 0.347 e. The number of hydrogen-bond donors (Lipinski definition) is 2. The summed E-state index contributed by atoms with van der Waals surface area (Å²) < 4.78 is 5.18. The van der Waals surface area contributed by atoms with Gasteiger partial charge in [-0.2, -0.15) is 23.5 Å². The molecule has 2 aliphatic carbocycles. The van der Waals surface area contributed by atoms with Crippen LogP contribution >= 0.6 is 23.5 Å². The highest BCUT2D eigenvalue weighted by Gasteiger charge is 2.38. The van der Waals surface area contributed by atoms with Gasteiger partial charge in [-0.3, -0.25) is 0 Å². The fraction of sp³-hybridized carbons (Fsp3) is 0.579. The zero-order chi connectivity index (χ0) is 29.6. The third-order valence-electron chi connectivity index (χ3n) is 11.5. The summed E-state index contributed by atoms with van der Waals surface area (Å²) in [6.45, 7) is 4.66. The summed E-state index contributed by atoms with van der Waals surface area (Å²) in [7, 11) is 0. The van der Waals surface area contributed by atoms with Crippen LogP contribution in [0.3, 0.4) is 0 Å². The van der Waals surface area contributed by atoms with E-state index in [4.69, 9.17) is 0 Å². The number of rotatable bonds is 11. The summed E-state index contributed by atoms with van der Waals surface area (Å²) in [4.78, 5) is 0. The standard InChI is InChI=1S/C38H50N4S2/c1-43-23-25-15-31-29-9-7-11-35-37(29)27(17-33(31)39-19-25)21-41(35)13-5-3-4-6-14-42-22-28-18-34-32(16-26(20-40-34)24-44-2)30-10-8-12-36(42)38(28)30/h7-12,21-22,25-26,31-34,39-40H,3-6,13-20,23-24H2,1-2H3/t25-,26-,31-,32-,33-,34-/m1/s1. The monoisotopic (exact) mass is 626 g/mol. The van der Waals surface area contributed by atoms with Gasteiger partial charge in [-0.25, -0.2) is 0 Å². The average molecular weight is 627 g/mol. The van der Waals surface area contributed by atoms with Gasteiger partial charge in [0.25, 0.3) is 0 Å². The van der Waals surface area contributed by atoms with E-state index in [1.807, 2.05) is 23.5 Å². The van der Waals surface area contributed by atoms with Crippen LogP contribution in [0, 0.1) is 11.8 Å². The molecule has 0 saturated carbocycles. The number of piperidine rings is 2. The lowest BCUT2D eigenvalue weighted by molar-refractivity contribution is 0.286. The Hall–Kier alpha value is -1.86. The van der Waals surface area contributed by atoms with Gasteiger partial charge >= 0.3 is 0 Å².